The highest BCUT2D eigenvalue weighted by Crippen LogP contribution is 2.09. The van der Waals surface area contributed by atoms with E-state index >= 15 is 0 Å². The Labute approximate surface area is 127 Å². The van der Waals surface area contributed by atoms with Crippen LogP contribution in [0.3, 0.4) is 0 Å². The van der Waals surface area contributed by atoms with Crippen LogP contribution in [0.5, 0.6) is 0 Å². The number of carbonyl (C=O) groups excluding carboxylic acids is 2. The molecule has 0 unspecified atom stereocenters. The lowest BCUT2D eigenvalue weighted by Crippen LogP contribution is -2.32. The summed E-state index contributed by atoms with van der Waals surface area (Å²) < 4.78 is 0. The molecule has 0 aliphatic carbocycles. The highest BCUT2D eigenvalue weighted by molar-refractivity contribution is 5.97. The third-order valence-corrected chi connectivity index (χ3v) is 3.20. The molecule has 0 atom stereocenters. The molecule has 0 saturated carbocycles. The van der Waals surface area contributed by atoms with E-state index in [4.69, 9.17) is 0 Å². The fourth-order valence-corrected chi connectivity index (χ4v) is 2.14. The van der Waals surface area contributed by atoms with E-state index in [1.54, 1.807) is 24.3 Å². The van der Waals surface area contributed by atoms with Gasteiger partial charge in [0.05, 0.1) is 0 Å². The highest BCUT2D eigenvalue weighted by Gasteiger charge is 2.14. The molecule has 1 aromatic rings. The van der Waals surface area contributed by atoms with Gasteiger partial charge in [0.1, 0.15) is 0 Å². The summed E-state index contributed by atoms with van der Waals surface area (Å²) in [5.74, 6) is -0.0472. The predicted molar refractivity (Wildman–Crippen MR) is 85.6 cm³/mol. The second-order valence-electron chi connectivity index (χ2n) is 5.13. The lowest BCUT2D eigenvalue weighted by atomic mass is 10.1. The van der Waals surface area contributed by atoms with Gasteiger partial charge in [-0.05, 0) is 43.5 Å². The Morgan fingerprint density at radius 2 is 1.43 bits per heavy atom. The van der Waals surface area contributed by atoms with Crippen molar-refractivity contribution in [1.29, 1.82) is 0 Å². The van der Waals surface area contributed by atoms with Gasteiger partial charge >= 0.3 is 0 Å². The SMILES string of the molecule is CCCNC(=O)c1ccc(C(=O)N(CCC)CCC)cc1. The quantitative estimate of drug-likeness (QED) is 0.800. The van der Waals surface area contributed by atoms with Crippen molar-refractivity contribution in [2.24, 2.45) is 0 Å². The maximum Gasteiger partial charge on any atom is 0.253 e. The Morgan fingerprint density at radius 3 is 1.90 bits per heavy atom. The molecule has 2 amide bonds. The number of rotatable bonds is 8. The number of hydrogen-bond acceptors (Lipinski definition) is 2. The molecule has 0 radical (unpaired) electrons. The van der Waals surface area contributed by atoms with Crippen molar-refractivity contribution in [3.05, 3.63) is 35.4 Å². The number of nitrogens with one attached hydrogen (secondary N) is 1. The molecule has 1 N–H and O–H groups in total. The minimum Gasteiger partial charge on any atom is -0.352 e. The zero-order valence-electron chi connectivity index (χ0n) is 13.3. The summed E-state index contributed by atoms with van der Waals surface area (Å²) in [6.45, 7) is 8.35. The van der Waals surface area contributed by atoms with Gasteiger partial charge in [0, 0.05) is 30.8 Å². The molecule has 1 rings (SSSR count). The van der Waals surface area contributed by atoms with Crippen molar-refractivity contribution in [3.8, 4) is 0 Å². The third-order valence-electron chi connectivity index (χ3n) is 3.20. The van der Waals surface area contributed by atoms with Crippen molar-refractivity contribution in [2.45, 2.75) is 40.0 Å². The Balaban J connectivity index is 2.76. The summed E-state index contributed by atoms with van der Waals surface area (Å²) >= 11 is 0. The Bertz CT molecular complexity index is 448. The van der Waals surface area contributed by atoms with E-state index in [0.717, 1.165) is 32.4 Å². The first-order chi connectivity index (χ1) is 10.1. The van der Waals surface area contributed by atoms with Gasteiger partial charge in [-0.2, -0.15) is 0 Å². The van der Waals surface area contributed by atoms with Crippen LogP contribution in [0.1, 0.15) is 60.7 Å². The van der Waals surface area contributed by atoms with Gasteiger partial charge in [0.25, 0.3) is 11.8 Å². The predicted octanol–water partition coefficient (Wildman–Crippen LogP) is 3.09. The van der Waals surface area contributed by atoms with Crippen molar-refractivity contribution >= 4 is 11.8 Å². The molecule has 0 aromatic heterocycles. The summed E-state index contributed by atoms with van der Waals surface area (Å²) in [7, 11) is 0. The fourth-order valence-electron chi connectivity index (χ4n) is 2.14. The van der Waals surface area contributed by atoms with Gasteiger partial charge < -0.3 is 10.2 Å². The molecule has 1 aromatic carbocycles. The fraction of sp³-hybridized carbons (Fsp3) is 0.529. The molecule has 116 valence electrons. The first-order valence-electron chi connectivity index (χ1n) is 7.81. The molecule has 0 aliphatic rings. The molecule has 0 aliphatic heterocycles. The second-order valence-corrected chi connectivity index (χ2v) is 5.13. The molecule has 4 nitrogen and oxygen atoms in total. The number of carbonyl (C=O) groups is 2. The largest absolute Gasteiger partial charge is 0.352 e. The van der Waals surface area contributed by atoms with Crippen molar-refractivity contribution in [1.82, 2.24) is 10.2 Å². The van der Waals surface area contributed by atoms with E-state index in [0.29, 0.717) is 17.7 Å². The van der Waals surface area contributed by atoms with Gasteiger partial charge in [-0.3, -0.25) is 9.59 Å². The van der Waals surface area contributed by atoms with Gasteiger partial charge in [0.15, 0.2) is 0 Å². The highest BCUT2D eigenvalue weighted by atomic mass is 16.2. The average molecular weight is 290 g/mol. The Morgan fingerprint density at radius 1 is 0.905 bits per heavy atom. The molecule has 0 bridgehead atoms. The van der Waals surface area contributed by atoms with E-state index in [2.05, 4.69) is 19.2 Å². The smallest absolute Gasteiger partial charge is 0.253 e. The number of benzene rings is 1. The normalized spacial score (nSPS) is 10.2. The lowest BCUT2D eigenvalue weighted by molar-refractivity contribution is 0.0755. The summed E-state index contributed by atoms with van der Waals surface area (Å²) in [4.78, 5) is 26.1. The number of amides is 2. The standard InChI is InChI=1S/C17H26N2O2/c1-4-11-18-16(20)14-7-9-15(10-8-14)17(21)19(12-5-2)13-6-3/h7-10H,4-6,11-13H2,1-3H3,(H,18,20). The molecule has 21 heavy (non-hydrogen) atoms. The van der Waals surface area contributed by atoms with E-state index in [-0.39, 0.29) is 11.8 Å². The van der Waals surface area contributed by atoms with Crippen LogP contribution >= 0.6 is 0 Å². The summed E-state index contributed by atoms with van der Waals surface area (Å²) in [6.07, 6.45) is 2.80. The van der Waals surface area contributed by atoms with E-state index in [1.165, 1.54) is 0 Å². The molecule has 0 fully saturated rings. The first-order valence-corrected chi connectivity index (χ1v) is 7.81. The first kappa shape index (κ1) is 17.2. The van der Waals surface area contributed by atoms with Crippen LogP contribution in [-0.4, -0.2) is 36.3 Å². The van der Waals surface area contributed by atoms with E-state index in [9.17, 15) is 9.59 Å². The number of hydrogen-bond donors (Lipinski definition) is 1. The van der Waals surface area contributed by atoms with Gasteiger partial charge in [-0.25, -0.2) is 0 Å². The molecule has 0 spiro atoms. The second kappa shape index (κ2) is 9.16. The van der Waals surface area contributed by atoms with Crippen molar-refractivity contribution in [3.63, 3.8) is 0 Å². The lowest BCUT2D eigenvalue weighted by Gasteiger charge is -2.21. The van der Waals surface area contributed by atoms with Crippen molar-refractivity contribution < 1.29 is 9.59 Å². The van der Waals surface area contributed by atoms with Crippen LogP contribution in [0.4, 0.5) is 0 Å². The topological polar surface area (TPSA) is 49.4 Å². The third kappa shape index (κ3) is 5.21. The molecule has 4 heteroatoms. The maximum atomic E-state index is 12.4. The maximum absolute atomic E-state index is 12.4. The van der Waals surface area contributed by atoms with Crippen LogP contribution in [0.2, 0.25) is 0 Å². The summed E-state index contributed by atoms with van der Waals surface area (Å²) in [6, 6.07) is 6.91. The molecular formula is C17H26N2O2. The van der Waals surface area contributed by atoms with Crippen LogP contribution in [0, 0.1) is 0 Å². The minimum atomic E-state index is -0.0881. The van der Waals surface area contributed by atoms with Crippen molar-refractivity contribution in [2.75, 3.05) is 19.6 Å². The minimum absolute atomic E-state index is 0.0409. The van der Waals surface area contributed by atoms with Crippen LogP contribution in [0.15, 0.2) is 24.3 Å². The van der Waals surface area contributed by atoms with Crippen LogP contribution < -0.4 is 5.32 Å². The zero-order chi connectivity index (χ0) is 15.7. The van der Waals surface area contributed by atoms with Crippen LogP contribution in [-0.2, 0) is 0 Å². The number of nitrogens with zero attached hydrogens (tertiary/aromatic N) is 1. The molecular weight excluding hydrogens is 264 g/mol. The zero-order valence-corrected chi connectivity index (χ0v) is 13.3. The summed E-state index contributed by atoms with van der Waals surface area (Å²) in [5, 5.41) is 2.83. The van der Waals surface area contributed by atoms with E-state index in [1.807, 2.05) is 11.8 Å². The monoisotopic (exact) mass is 290 g/mol. The Hall–Kier alpha value is -1.84. The molecule has 0 heterocycles. The van der Waals surface area contributed by atoms with Gasteiger partial charge in [0.2, 0.25) is 0 Å². The summed E-state index contributed by atoms with van der Waals surface area (Å²) in [5.41, 5.74) is 1.24. The van der Waals surface area contributed by atoms with E-state index < -0.39 is 0 Å². The van der Waals surface area contributed by atoms with Gasteiger partial charge in [-0.1, -0.05) is 20.8 Å². The average Bonchev–Trinajstić information content (AvgIpc) is 2.52. The Kier molecular flexibility index (Phi) is 7.51. The van der Waals surface area contributed by atoms with Gasteiger partial charge in [-0.15, -0.1) is 0 Å². The molecule has 0 saturated heterocycles. The van der Waals surface area contributed by atoms with Crippen LogP contribution in [0.25, 0.3) is 0 Å².